The molecule has 0 aliphatic heterocycles. The predicted molar refractivity (Wildman–Crippen MR) is 109 cm³/mol. The van der Waals surface area contributed by atoms with E-state index in [2.05, 4.69) is 14.8 Å². The number of hydrogen-bond donors (Lipinski definition) is 1. The summed E-state index contributed by atoms with van der Waals surface area (Å²) in [6.45, 7) is 5.28. The summed E-state index contributed by atoms with van der Waals surface area (Å²) in [6.07, 6.45) is -0.849. The molecule has 0 aromatic heterocycles. The monoisotopic (exact) mass is 419 g/mol. The van der Waals surface area contributed by atoms with Gasteiger partial charge in [0.05, 0.1) is 25.3 Å². The number of esters is 2. The standard InChI is InChI=1S/C21H22ClNO6/c1-11-6-17(7-12(2)18(11)22)29-13(3)19(24)23-16-9-14(20(25)27-4)8-15(10-16)21(26)28-5/h6-10,13H,1-5H3,(H,23,24). The summed E-state index contributed by atoms with van der Waals surface area (Å²) in [4.78, 5) is 36.3. The lowest BCUT2D eigenvalue weighted by molar-refractivity contribution is -0.122. The number of halogens is 1. The van der Waals surface area contributed by atoms with E-state index < -0.39 is 23.9 Å². The molecule has 0 aliphatic carbocycles. The zero-order valence-electron chi connectivity index (χ0n) is 16.8. The fraction of sp³-hybridized carbons (Fsp3) is 0.286. The van der Waals surface area contributed by atoms with Crippen molar-refractivity contribution in [3.8, 4) is 5.75 Å². The van der Waals surface area contributed by atoms with Crippen LogP contribution >= 0.6 is 11.6 Å². The molecular formula is C21H22ClNO6. The van der Waals surface area contributed by atoms with Crippen molar-refractivity contribution < 1.29 is 28.6 Å². The van der Waals surface area contributed by atoms with E-state index in [-0.39, 0.29) is 16.8 Å². The fourth-order valence-electron chi connectivity index (χ4n) is 2.65. The number of methoxy groups -OCH3 is 2. The number of carbonyl (C=O) groups is 3. The molecule has 0 aliphatic rings. The Morgan fingerprint density at radius 2 is 1.38 bits per heavy atom. The van der Waals surface area contributed by atoms with Gasteiger partial charge in [-0.2, -0.15) is 0 Å². The van der Waals surface area contributed by atoms with Gasteiger partial charge in [-0.15, -0.1) is 0 Å². The highest BCUT2D eigenvalue weighted by Gasteiger charge is 2.19. The van der Waals surface area contributed by atoms with E-state index in [0.717, 1.165) is 11.1 Å². The molecule has 1 unspecified atom stereocenters. The molecule has 29 heavy (non-hydrogen) atoms. The summed E-state index contributed by atoms with van der Waals surface area (Å²) in [5, 5.41) is 3.28. The lowest BCUT2D eigenvalue weighted by Gasteiger charge is -2.17. The smallest absolute Gasteiger partial charge is 0.337 e. The third-order valence-corrected chi connectivity index (χ3v) is 4.73. The Morgan fingerprint density at radius 3 is 1.83 bits per heavy atom. The molecule has 2 aromatic rings. The van der Waals surface area contributed by atoms with Crippen molar-refractivity contribution in [3.05, 3.63) is 57.6 Å². The summed E-state index contributed by atoms with van der Waals surface area (Å²) < 4.78 is 15.1. The highest BCUT2D eigenvalue weighted by Crippen LogP contribution is 2.26. The first-order valence-electron chi connectivity index (χ1n) is 8.72. The number of hydrogen-bond acceptors (Lipinski definition) is 6. The minimum atomic E-state index is -0.849. The van der Waals surface area contributed by atoms with Crippen LogP contribution in [0.3, 0.4) is 0 Å². The molecule has 1 atom stereocenters. The van der Waals surface area contributed by atoms with Crippen LogP contribution in [0.25, 0.3) is 0 Å². The topological polar surface area (TPSA) is 90.9 Å². The summed E-state index contributed by atoms with van der Waals surface area (Å²) in [6, 6.07) is 7.62. The molecule has 0 heterocycles. The summed E-state index contributed by atoms with van der Waals surface area (Å²) >= 11 is 6.15. The second-order valence-electron chi connectivity index (χ2n) is 6.40. The van der Waals surface area contributed by atoms with E-state index >= 15 is 0 Å². The number of anilines is 1. The number of benzene rings is 2. The van der Waals surface area contributed by atoms with Gasteiger partial charge in [-0.1, -0.05) is 11.6 Å². The predicted octanol–water partition coefficient (Wildman–Crippen LogP) is 3.94. The molecule has 7 nitrogen and oxygen atoms in total. The highest BCUT2D eigenvalue weighted by atomic mass is 35.5. The Morgan fingerprint density at radius 1 is 0.897 bits per heavy atom. The number of amides is 1. The normalized spacial score (nSPS) is 11.4. The number of carbonyl (C=O) groups excluding carboxylic acids is 3. The van der Waals surface area contributed by atoms with Crippen LogP contribution in [0.2, 0.25) is 5.02 Å². The van der Waals surface area contributed by atoms with Crippen molar-refractivity contribution in [1.29, 1.82) is 0 Å². The first-order valence-corrected chi connectivity index (χ1v) is 9.10. The summed E-state index contributed by atoms with van der Waals surface area (Å²) in [7, 11) is 2.44. The van der Waals surface area contributed by atoms with E-state index in [1.54, 1.807) is 19.1 Å². The van der Waals surface area contributed by atoms with Crippen molar-refractivity contribution in [2.75, 3.05) is 19.5 Å². The molecule has 0 saturated heterocycles. The summed E-state index contributed by atoms with van der Waals surface area (Å²) in [5.74, 6) is -1.26. The van der Waals surface area contributed by atoms with Crippen LogP contribution in [0.4, 0.5) is 5.69 Å². The van der Waals surface area contributed by atoms with Gasteiger partial charge in [-0.3, -0.25) is 4.79 Å². The maximum Gasteiger partial charge on any atom is 0.337 e. The molecule has 1 N–H and O–H groups in total. The molecule has 2 rings (SSSR count). The molecule has 0 fully saturated rings. The quantitative estimate of drug-likeness (QED) is 0.713. The average Bonchev–Trinajstić information content (AvgIpc) is 2.70. The van der Waals surface area contributed by atoms with Crippen LogP contribution in [0, 0.1) is 13.8 Å². The van der Waals surface area contributed by atoms with Crippen molar-refractivity contribution in [3.63, 3.8) is 0 Å². The van der Waals surface area contributed by atoms with Crippen LogP contribution < -0.4 is 10.1 Å². The van der Waals surface area contributed by atoms with E-state index in [4.69, 9.17) is 16.3 Å². The number of aryl methyl sites for hydroxylation is 2. The molecule has 0 bridgehead atoms. The zero-order chi connectivity index (χ0) is 21.7. The van der Waals surface area contributed by atoms with Crippen LogP contribution in [0.1, 0.15) is 38.8 Å². The number of nitrogens with one attached hydrogen (secondary N) is 1. The Kier molecular flexibility index (Phi) is 7.23. The first kappa shape index (κ1) is 22.2. The van der Waals surface area contributed by atoms with Gasteiger partial charge in [0.2, 0.25) is 0 Å². The number of ether oxygens (including phenoxy) is 3. The van der Waals surface area contributed by atoms with E-state index in [9.17, 15) is 14.4 Å². The Labute approximate surface area is 173 Å². The third-order valence-electron chi connectivity index (χ3n) is 4.13. The van der Waals surface area contributed by atoms with E-state index in [1.807, 2.05) is 13.8 Å². The Balaban J connectivity index is 2.22. The van der Waals surface area contributed by atoms with Gasteiger partial charge in [0.25, 0.3) is 5.91 Å². The summed E-state index contributed by atoms with van der Waals surface area (Å²) in [5.41, 5.74) is 2.11. The molecule has 0 saturated carbocycles. The Bertz CT molecular complexity index is 899. The molecule has 1 amide bonds. The fourth-order valence-corrected chi connectivity index (χ4v) is 2.76. The first-order chi connectivity index (χ1) is 13.7. The van der Waals surface area contributed by atoms with Crippen molar-refractivity contribution in [2.45, 2.75) is 26.9 Å². The van der Waals surface area contributed by atoms with Crippen LogP contribution in [-0.2, 0) is 14.3 Å². The lowest BCUT2D eigenvalue weighted by Crippen LogP contribution is -2.30. The minimum absolute atomic E-state index is 0.100. The van der Waals surface area contributed by atoms with E-state index in [1.165, 1.54) is 32.4 Å². The van der Waals surface area contributed by atoms with Gasteiger partial charge in [0.1, 0.15) is 5.75 Å². The number of rotatable bonds is 6. The van der Waals surface area contributed by atoms with Crippen LogP contribution in [-0.4, -0.2) is 38.2 Å². The van der Waals surface area contributed by atoms with Gasteiger partial charge < -0.3 is 19.5 Å². The van der Waals surface area contributed by atoms with E-state index in [0.29, 0.717) is 10.8 Å². The van der Waals surface area contributed by atoms with Gasteiger partial charge in [0, 0.05) is 10.7 Å². The molecule has 8 heteroatoms. The highest BCUT2D eigenvalue weighted by molar-refractivity contribution is 6.32. The van der Waals surface area contributed by atoms with Crippen LogP contribution in [0.5, 0.6) is 5.75 Å². The van der Waals surface area contributed by atoms with Gasteiger partial charge >= 0.3 is 11.9 Å². The SMILES string of the molecule is COC(=O)c1cc(NC(=O)C(C)Oc2cc(C)c(Cl)c(C)c2)cc(C(=O)OC)c1. The van der Waals surface area contributed by atoms with Crippen molar-refractivity contribution in [2.24, 2.45) is 0 Å². The third kappa shape index (κ3) is 5.48. The van der Waals surface area contributed by atoms with Crippen LogP contribution in [0.15, 0.2) is 30.3 Å². The largest absolute Gasteiger partial charge is 0.481 e. The molecule has 154 valence electrons. The molecule has 0 spiro atoms. The second-order valence-corrected chi connectivity index (χ2v) is 6.78. The zero-order valence-corrected chi connectivity index (χ0v) is 17.5. The maximum atomic E-state index is 12.6. The van der Waals surface area contributed by atoms with Crippen molar-refractivity contribution in [1.82, 2.24) is 0 Å². The molecular weight excluding hydrogens is 398 g/mol. The van der Waals surface area contributed by atoms with Crippen molar-refractivity contribution >= 4 is 35.1 Å². The second kappa shape index (κ2) is 9.43. The lowest BCUT2D eigenvalue weighted by atomic mass is 10.1. The van der Waals surface area contributed by atoms with Gasteiger partial charge in [-0.05, 0) is 62.2 Å². The minimum Gasteiger partial charge on any atom is -0.481 e. The van der Waals surface area contributed by atoms with Gasteiger partial charge in [-0.25, -0.2) is 9.59 Å². The average molecular weight is 420 g/mol. The molecule has 0 radical (unpaired) electrons. The molecule has 2 aromatic carbocycles. The Hall–Kier alpha value is -3.06. The van der Waals surface area contributed by atoms with Gasteiger partial charge in [0.15, 0.2) is 6.10 Å². The maximum absolute atomic E-state index is 12.6.